The number of nitrogens with one attached hydrogen (secondary N) is 1. The van der Waals surface area contributed by atoms with Gasteiger partial charge in [-0.1, -0.05) is 17.7 Å². The van der Waals surface area contributed by atoms with Crippen LogP contribution in [0.25, 0.3) is 0 Å². The molecule has 1 heterocycles. The molecule has 2 rings (SSSR count). The van der Waals surface area contributed by atoms with Gasteiger partial charge in [-0.15, -0.1) is 12.4 Å². The van der Waals surface area contributed by atoms with Crippen molar-refractivity contribution < 1.29 is 4.74 Å². The maximum absolute atomic E-state index is 5.91. The smallest absolute Gasteiger partial charge is 0.120 e. The van der Waals surface area contributed by atoms with Gasteiger partial charge in [-0.2, -0.15) is 5.10 Å². The summed E-state index contributed by atoms with van der Waals surface area (Å²) in [6, 6.07) is 7.54. The topological polar surface area (TPSA) is 37.9 Å². The fourth-order valence-corrected chi connectivity index (χ4v) is 2.45. The Labute approximate surface area is 137 Å². The summed E-state index contributed by atoms with van der Waals surface area (Å²) in [7, 11) is 0. The van der Waals surface area contributed by atoms with Crippen LogP contribution >= 0.6 is 24.0 Å². The lowest BCUT2D eigenvalue weighted by Gasteiger charge is -2.06. The van der Waals surface area contributed by atoms with Crippen LogP contribution in [-0.4, -0.2) is 16.8 Å². The number of hydrogen-bond donors (Lipinski definition) is 1. The van der Waals surface area contributed by atoms with Gasteiger partial charge in [0.05, 0.1) is 12.3 Å². The van der Waals surface area contributed by atoms with Gasteiger partial charge in [-0.25, -0.2) is 0 Å². The van der Waals surface area contributed by atoms with Crippen LogP contribution in [0.3, 0.4) is 0 Å². The second kappa shape index (κ2) is 8.96. The summed E-state index contributed by atoms with van der Waals surface area (Å²) in [5.41, 5.74) is 3.68. The number of ether oxygens (including phenoxy) is 1. The number of halogens is 2. The van der Waals surface area contributed by atoms with E-state index in [-0.39, 0.29) is 12.4 Å². The molecular weight excluding hydrogens is 307 g/mol. The monoisotopic (exact) mass is 328 g/mol. The lowest BCUT2D eigenvalue weighted by Crippen LogP contribution is -1.98. The van der Waals surface area contributed by atoms with Crippen molar-refractivity contribution in [1.29, 1.82) is 0 Å². The molecule has 3 nitrogen and oxygen atoms in total. The highest BCUT2D eigenvalue weighted by molar-refractivity contribution is 6.30. The maximum atomic E-state index is 5.91. The molecule has 0 fully saturated rings. The third kappa shape index (κ3) is 5.60. The summed E-state index contributed by atoms with van der Waals surface area (Å²) < 4.78 is 5.67. The first-order valence-corrected chi connectivity index (χ1v) is 7.43. The number of unbranched alkanes of at least 4 members (excludes halogenated alkanes) is 2. The van der Waals surface area contributed by atoms with Crippen molar-refractivity contribution in [3.05, 3.63) is 46.2 Å². The lowest BCUT2D eigenvalue weighted by atomic mass is 10.1. The van der Waals surface area contributed by atoms with Gasteiger partial charge in [0.2, 0.25) is 0 Å². The van der Waals surface area contributed by atoms with Crippen LogP contribution in [0.1, 0.15) is 36.2 Å². The fraction of sp³-hybridized carbons (Fsp3) is 0.438. The van der Waals surface area contributed by atoms with E-state index in [9.17, 15) is 0 Å². The van der Waals surface area contributed by atoms with Crippen LogP contribution in [0.5, 0.6) is 5.75 Å². The number of aromatic amines is 1. The molecule has 0 bridgehead atoms. The van der Waals surface area contributed by atoms with Gasteiger partial charge in [0.1, 0.15) is 5.75 Å². The molecule has 0 aliphatic heterocycles. The summed E-state index contributed by atoms with van der Waals surface area (Å²) in [5, 5.41) is 7.96. The first-order chi connectivity index (χ1) is 9.66. The number of benzene rings is 1. The van der Waals surface area contributed by atoms with E-state index < -0.39 is 0 Å². The summed E-state index contributed by atoms with van der Waals surface area (Å²) in [6.45, 7) is 4.88. The molecule has 5 heteroatoms. The van der Waals surface area contributed by atoms with E-state index >= 15 is 0 Å². The summed E-state index contributed by atoms with van der Waals surface area (Å²) in [4.78, 5) is 0. The number of rotatable bonds is 7. The normalized spacial score (nSPS) is 10.2. The number of nitrogens with zero attached hydrogens (tertiary/aromatic N) is 1. The first-order valence-electron chi connectivity index (χ1n) is 7.05. The Bertz CT molecular complexity index is 535. The highest BCUT2D eigenvalue weighted by Gasteiger charge is 2.05. The van der Waals surface area contributed by atoms with E-state index in [4.69, 9.17) is 16.3 Å². The average Bonchev–Trinajstić information content (AvgIpc) is 2.74. The zero-order valence-electron chi connectivity index (χ0n) is 12.5. The highest BCUT2D eigenvalue weighted by Crippen LogP contribution is 2.18. The molecule has 0 spiro atoms. The molecule has 0 unspecified atom stereocenters. The Hall–Kier alpha value is -1.19. The Morgan fingerprint density at radius 3 is 2.67 bits per heavy atom. The number of H-pyrrole nitrogens is 1. The van der Waals surface area contributed by atoms with E-state index in [0.717, 1.165) is 37.3 Å². The summed E-state index contributed by atoms with van der Waals surface area (Å²) >= 11 is 5.91. The van der Waals surface area contributed by atoms with E-state index in [1.165, 1.54) is 17.7 Å². The van der Waals surface area contributed by atoms with Crippen molar-refractivity contribution in [2.75, 3.05) is 6.61 Å². The Morgan fingerprint density at radius 2 is 2.00 bits per heavy atom. The predicted octanol–water partition coefficient (Wildman–Crippen LogP) is 4.89. The van der Waals surface area contributed by atoms with Crippen molar-refractivity contribution in [3.63, 3.8) is 0 Å². The first kappa shape index (κ1) is 17.9. The fourth-order valence-electron chi connectivity index (χ4n) is 2.27. The van der Waals surface area contributed by atoms with Crippen molar-refractivity contribution in [1.82, 2.24) is 10.2 Å². The van der Waals surface area contributed by atoms with Crippen LogP contribution in [0.2, 0.25) is 5.02 Å². The van der Waals surface area contributed by atoms with Gasteiger partial charge in [0.15, 0.2) is 0 Å². The van der Waals surface area contributed by atoms with E-state index in [0.29, 0.717) is 5.02 Å². The van der Waals surface area contributed by atoms with Crippen LogP contribution in [0, 0.1) is 13.8 Å². The van der Waals surface area contributed by atoms with Crippen molar-refractivity contribution in [2.24, 2.45) is 0 Å². The Morgan fingerprint density at radius 1 is 1.19 bits per heavy atom. The Kier molecular flexibility index (Phi) is 7.62. The quantitative estimate of drug-likeness (QED) is 0.734. The van der Waals surface area contributed by atoms with E-state index in [1.54, 1.807) is 0 Å². The molecule has 1 aromatic carbocycles. The van der Waals surface area contributed by atoms with E-state index in [1.807, 2.05) is 24.3 Å². The van der Waals surface area contributed by atoms with Crippen LogP contribution in [0.15, 0.2) is 24.3 Å². The average molecular weight is 329 g/mol. The zero-order valence-corrected chi connectivity index (χ0v) is 14.1. The molecule has 0 saturated heterocycles. The third-order valence-corrected chi connectivity index (χ3v) is 3.65. The molecule has 0 aliphatic carbocycles. The number of aryl methyl sites for hydroxylation is 2. The number of aromatic nitrogens is 2. The molecule has 0 amide bonds. The van der Waals surface area contributed by atoms with Crippen LogP contribution in [-0.2, 0) is 6.42 Å². The van der Waals surface area contributed by atoms with E-state index in [2.05, 4.69) is 24.0 Å². The second-order valence-corrected chi connectivity index (χ2v) is 5.47. The van der Waals surface area contributed by atoms with Crippen LogP contribution in [0.4, 0.5) is 0 Å². The molecular formula is C16H22Cl2N2O. The van der Waals surface area contributed by atoms with Gasteiger partial charge in [0, 0.05) is 10.7 Å². The standard InChI is InChI=1S/C16H21ClN2O.ClH/c1-12-16(13(2)19-18-12)9-4-3-5-10-20-15-8-6-7-14(17)11-15;/h6-8,11H,3-5,9-10H2,1-2H3,(H,18,19);1H. The molecule has 0 saturated carbocycles. The second-order valence-electron chi connectivity index (χ2n) is 5.03. The number of hydrogen-bond acceptors (Lipinski definition) is 2. The van der Waals surface area contributed by atoms with Crippen molar-refractivity contribution in [2.45, 2.75) is 39.5 Å². The predicted molar refractivity (Wildman–Crippen MR) is 89.8 cm³/mol. The van der Waals surface area contributed by atoms with Gasteiger partial charge in [0.25, 0.3) is 0 Å². The lowest BCUT2D eigenvalue weighted by molar-refractivity contribution is 0.305. The van der Waals surface area contributed by atoms with Gasteiger partial charge in [-0.05, 0) is 63.3 Å². The molecule has 21 heavy (non-hydrogen) atoms. The minimum Gasteiger partial charge on any atom is -0.494 e. The zero-order chi connectivity index (χ0) is 14.4. The largest absolute Gasteiger partial charge is 0.494 e. The molecule has 0 radical (unpaired) electrons. The SMILES string of the molecule is Cc1n[nH]c(C)c1CCCCCOc1cccc(Cl)c1.Cl. The minimum atomic E-state index is 0. The highest BCUT2D eigenvalue weighted by atomic mass is 35.5. The van der Waals surface area contributed by atoms with Crippen LogP contribution < -0.4 is 4.74 Å². The Balaban J connectivity index is 0.00000220. The van der Waals surface area contributed by atoms with Crippen molar-refractivity contribution in [3.8, 4) is 5.75 Å². The van der Waals surface area contributed by atoms with Crippen molar-refractivity contribution >= 4 is 24.0 Å². The summed E-state index contributed by atoms with van der Waals surface area (Å²) in [5.74, 6) is 0.846. The summed E-state index contributed by atoms with van der Waals surface area (Å²) in [6.07, 6.45) is 4.47. The van der Waals surface area contributed by atoms with Gasteiger partial charge >= 0.3 is 0 Å². The molecule has 2 aromatic rings. The molecule has 1 aromatic heterocycles. The van der Waals surface area contributed by atoms with Gasteiger partial charge < -0.3 is 4.74 Å². The molecule has 0 aliphatic rings. The molecule has 0 atom stereocenters. The third-order valence-electron chi connectivity index (χ3n) is 3.42. The molecule has 1 N–H and O–H groups in total. The minimum absolute atomic E-state index is 0. The van der Waals surface area contributed by atoms with Gasteiger partial charge in [-0.3, -0.25) is 5.10 Å². The molecule has 116 valence electrons. The maximum Gasteiger partial charge on any atom is 0.120 e.